The number of benzene rings is 1. The van der Waals surface area contributed by atoms with Gasteiger partial charge < -0.3 is 9.30 Å². The third-order valence-electron chi connectivity index (χ3n) is 3.31. The van der Waals surface area contributed by atoms with Gasteiger partial charge in [-0.1, -0.05) is 17.8 Å². The van der Waals surface area contributed by atoms with Crippen LogP contribution in [-0.4, -0.2) is 33.4 Å². The van der Waals surface area contributed by atoms with E-state index in [-0.39, 0.29) is 5.78 Å². The molecule has 3 aromatic rings. The highest BCUT2D eigenvalue weighted by Crippen LogP contribution is 2.25. The third kappa shape index (κ3) is 3.46. The predicted molar refractivity (Wildman–Crippen MR) is 92.4 cm³/mol. The Morgan fingerprint density at radius 3 is 2.70 bits per heavy atom. The number of nitrogens with zero attached hydrogens (tertiary/aromatic N) is 3. The summed E-state index contributed by atoms with van der Waals surface area (Å²) in [6.07, 6.45) is 0. The van der Waals surface area contributed by atoms with Crippen LogP contribution in [0.5, 0.6) is 5.75 Å². The summed E-state index contributed by atoms with van der Waals surface area (Å²) >= 11 is 2.86. The standard InChI is InChI=1S/C16H15N3O2S2/c1-19-15(11-5-7-12(21-2)8-6-11)17-18-16(19)23-10-13(20)14-4-3-9-22-14/h3-9H,10H2,1-2H3. The number of rotatable bonds is 6. The number of methoxy groups -OCH3 is 1. The maximum Gasteiger partial charge on any atom is 0.191 e. The molecule has 5 nitrogen and oxygen atoms in total. The maximum atomic E-state index is 12.1. The van der Waals surface area contributed by atoms with Crippen molar-refractivity contribution in [2.24, 2.45) is 7.05 Å². The monoisotopic (exact) mass is 345 g/mol. The van der Waals surface area contributed by atoms with Gasteiger partial charge in [0, 0.05) is 12.6 Å². The van der Waals surface area contributed by atoms with Gasteiger partial charge in [0.1, 0.15) is 5.75 Å². The number of ether oxygens (including phenoxy) is 1. The van der Waals surface area contributed by atoms with Crippen molar-refractivity contribution in [1.82, 2.24) is 14.8 Å². The van der Waals surface area contributed by atoms with Gasteiger partial charge in [0.05, 0.1) is 17.7 Å². The van der Waals surface area contributed by atoms with Gasteiger partial charge in [-0.25, -0.2) is 0 Å². The second-order valence-corrected chi connectivity index (χ2v) is 6.67. The van der Waals surface area contributed by atoms with E-state index in [4.69, 9.17) is 4.74 Å². The van der Waals surface area contributed by atoms with Crippen LogP contribution in [0.4, 0.5) is 0 Å². The van der Waals surface area contributed by atoms with Crippen LogP contribution in [0.15, 0.2) is 46.9 Å². The van der Waals surface area contributed by atoms with Gasteiger partial charge in [-0.2, -0.15) is 0 Å². The Kier molecular flexibility index (Phi) is 4.78. The van der Waals surface area contributed by atoms with Crippen LogP contribution >= 0.6 is 23.1 Å². The largest absolute Gasteiger partial charge is 0.497 e. The summed E-state index contributed by atoms with van der Waals surface area (Å²) in [5.41, 5.74) is 0.956. The molecule has 0 saturated heterocycles. The minimum absolute atomic E-state index is 0.110. The summed E-state index contributed by atoms with van der Waals surface area (Å²) in [6, 6.07) is 11.4. The van der Waals surface area contributed by atoms with Crippen LogP contribution in [0, 0.1) is 0 Å². The molecule has 23 heavy (non-hydrogen) atoms. The molecular formula is C16H15N3O2S2. The van der Waals surface area contributed by atoms with E-state index in [1.54, 1.807) is 7.11 Å². The van der Waals surface area contributed by atoms with Crippen molar-refractivity contribution in [2.45, 2.75) is 5.16 Å². The number of carbonyl (C=O) groups excluding carboxylic acids is 1. The Balaban J connectivity index is 1.72. The molecule has 3 rings (SSSR count). The van der Waals surface area contributed by atoms with Gasteiger partial charge in [-0.05, 0) is 35.7 Å². The van der Waals surface area contributed by atoms with Gasteiger partial charge >= 0.3 is 0 Å². The smallest absolute Gasteiger partial charge is 0.191 e. The van der Waals surface area contributed by atoms with Gasteiger partial charge in [0.2, 0.25) is 0 Å². The van der Waals surface area contributed by atoms with Crippen LogP contribution in [0.3, 0.4) is 0 Å². The molecule has 0 aliphatic rings. The van der Waals surface area contributed by atoms with Crippen molar-refractivity contribution in [1.29, 1.82) is 0 Å². The van der Waals surface area contributed by atoms with Crippen LogP contribution in [0.1, 0.15) is 9.67 Å². The fourth-order valence-corrected chi connectivity index (χ4v) is 3.62. The van der Waals surface area contributed by atoms with Gasteiger partial charge in [0.15, 0.2) is 16.8 Å². The normalized spacial score (nSPS) is 10.7. The molecule has 0 N–H and O–H groups in total. The molecule has 2 aromatic heterocycles. The summed E-state index contributed by atoms with van der Waals surface area (Å²) in [5.74, 6) is 2.03. The molecule has 0 saturated carbocycles. The molecule has 0 unspecified atom stereocenters. The highest BCUT2D eigenvalue weighted by atomic mass is 32.2. The van der Waals surface area contributed by atoms with Crippen LogP contribution in [0.2, 0.25) is 0 Å². The molecule has 0 atom stereocenters. The molecule has 1 aromatic carbocycles. The average Bonchev–Trinajstić information content (AvgIpc) is 3.23. The number of aromatic nitrogens is 3. The summed E-state index contributed by atoms with van der Waals surface area (Å²) < 4.78 is 7.05. The van der Waals surface area contributed by atoms with Gasteiger partial charge in [-0.15, -0.1) is 21.5 Å². The lowest BCUT2D eigenvalue weighted by molar-refractivity contribution is 0.102. The van der Waals surface area contributed by atoms with E-state index in [9.17, 15) is 4.79 Å². The first kappa shape index (κ1) is 15.8. The molecule has 0 aliphatic heterocycles. The molecule has 0 amide bonds. The van der Waals surface area contributed by atoms with Crippen LogP contribution in [0.25, 0.3) is 11.4 Å². The molecule has 0 bridgehead atoms. The number of ketones is 1. The van der Waals surface area contributed by atoms with Crippen LogP contribution < -0.4 is 4.74 Å². The molecule has 0 radical (unpaired) electrons. The second-order valence-electron chi connectivity index (χ2n) is 4.78. The first-order valence-corrected chi connectivity index (χ1v) is 8.79. The molecule has 118 valence electrons. The topological polar surface area (TPSA) is 57.0 Å². The van der Waals surface area contributed by atoms with E-state index in [1.165, 1.54) is 23.1 Å². The zero-order valence-electron chi connectivity index (χ0n) is 12.7. The Morgan fingerprint density at radius 2 is 2.04 bits per heavy atom. The maximum absolute atomic E-state index is 12.1. The van der Waals surface area contributed by atoms with Crippen LogP contribution in [-0.2, 0) is 7.05 Å². The third-order valence-corrected chi connectivity index (χ3v) is 5.24. The highest BCUT2D eigenvalue weighted by Gasteiger charge is 2.14. The first-order valence-electron chi connectivity index (χ1n) is 6.92. The minimum Gasteiger partial charge on any atom is -0.497 e. The van der Waals surface area contributed by atoms with Crippen molar-refractivity contribution >= 4 is 28.9 Å². The van der Waals surface area contributed by atoms with Crippen molar-refractivity contribution in [3.8, 4) is 17.1 Å². The Morgan fingerprint density at radius 1 is 1.26 bits per heavy atom. The zero-order chi connectivity index (χ0) is 16.2. The molecule has 7 heteroatoms. The molecule has 2 heterocycles. The van der Waals surface area contributed by atoms with E-state index in [1.807, 2.05) is 53.4 Å². The number of Topliss-reactive ketones (excluding diaryl/α,β-unsaturated/α-hetero) is 1. The number of thiophene rings is 1. The lowest BCUT2D eigenvalue weighted by Gasteiger charge is -2.04. The zero-order valence-corrected chi connectivity index (χ0v) is 14.4. The fourth-order valence-electron chi connectivity index (χ4n) is 2.07. The lowest BCUT2D eigenvalue weighted by Crippen LogP contribution is -2.02. The number of carbonyl (C=O) groups is 1. The Bertz CT molecular complexity index is 795. The van der Waals surface area contributed by atoms with E-state index >= 15 is 0 Å². The highest BCUT2D eigenvalue weighted by molar-refractivity contribution is 7.99. The quantitative estimate of drug-likeness (QED) is 0.505. The van der Waals surface area contributed by atoms with Gasteiger partial charge in [-0.3, -0.25) is 4.79 Å². The SMILES string of the molecule is COc1ccc(-c2nnc(SCC(=O)c3cccs3)n2C)cc1. The Hall–Kier alpha value is -2.12. The average molecular weight is 345 g/mol. The van der Waals surface area contributed by atoms with E-state index in [2.05, 4.69) is 10.2 Å². The lowest BCUT2D eigenvalue weighted by atomic mass is 10.2. The van der Waals surface area contributed by atoms with Crippen molar-refractivity contribution in [2.75, 3.05) is 12.9 Å². The minimum atomic E-state index is 0.110. The molecule has 0 spiro atoms. The fraction of sp³-hybridized carbons (Fsp3) is 0.188. The molecular weight excluding hydrogens is 330 g/mol. The predicted octanol–water partition coefficient (Wildman–Crippen LogP) is 3.53. The van der Waals surface area contributed by atoms with E-state index < -0.39 is 0 Å². The number of hydrogen-bond donors (Lipinski definition) is 0. The van der Waals surface area contributed by atoms with Crippen molar-refractivity contribution in [3.05, 3.63) is 46.7 Å². The number of hydrogen-bond acceptors (Lipinski definition) is 6. The van der Waals surface area contributed by atoms with E-state index in [0.29, 0.717) is 5.75 Å². The van der Waals surface area contributed by atoms with Crippen molar-refractivity contribution < 1.29 is 9.53 Å². The summed E-state index contributed by atoms with van der Waals surface area (Å²) in [7, 11) is 3.54. The molecule has 0 aliphatic carbocycles. The van der Waals surface area contributed by atoms with Gasteiger partial charge in [0.25, 0.3) is 0 Å². The summed E-state index contributed by atoms with van der Waals surface area (Å²) in [6.45, 7) is 0. The summed E-state index contributed by atoms with van der Waals surface area (Å²) in [5, 5.41) is 11.0. The molecule has 0 fully saturated rings. The Labute approximate surface area is 142 Å². The van der Waals surface area contributed by atoms with Crippen molar-refractivity contribution in [3.63, 3.8) is 0 Å². The van der Waals surface area contributed by atoms with E-state index in [0.717, 1.165) is 27.2 Å². The first-order chi connectivity index (χ1) is 11.2. The number of thioether (sulfide) groups is 1. The summed E-state index contributed by atoms with van der Waals surface area (Å²) in [4.78, 5) is 12.8. The second kappa shape index (κ2) is 6.97.